The second-order valence-corrected chi connectivity index (χ2v) is 4.18. The molecule has 1 aromatic rings. The summed E-state index contributed by atoms with van der Waals surface area (Å²) in [5, 5.41) is 9.68. The van der Waals surface area contributed by atoms with Gasteiger partial charge in [-0.2, -0.15) is 0 Å². The maximum Gasteiger partial charge on any atom is 0.411 e. The molecule has 2 heterocycles. The van der Waals surface area contributed by atoms with Gasteiger partial charge in [-0.3, -0.25) is 0 Å². The lowest BCUT2D eigenvalue weighted by Gasteiger charge is -2.25. The van der Waals surface area contributed by atoms with Gasteiger partial charge < -0.3 is 14.8 Å². The lowest BCUT2D eigenvalue weighted by atomic mass is 10.1. The molecule has 1 fully saturated rings. The Balaban J connectivity index is 1.82. The molecule has 0 radical (unpaired) electrons. The summed E-state index contributed by atoms with van der Waals surface area (Å²) in [5.74, 6) is 0. The standard InChI is InChI=1S/C12H17N3O3/c16-12(14-6-2-1-3-7-14)18-10-13-11-4-8-15(17)9-5-11/h4-5,8-9,17H,1-3,6-7,10H2. The molecule has 0 unspecified atom stereocenters. The molecule has 0 bridgehead atoms. The van der Waals surface area contributed by atoms with Crippen LogP contribution in [0.15, 0.2) is 29.5 Å². The Morgan fingerprint density at radius 1 is 1.28 bits per heavy atom. The molecular weight excluding hydrogens is 234 g/mol. The van der Waals surface area contributed by atoms with Crippen molar-refractivity contribution in [1.82, 2.24) is 9.63 Å². The number of nitrogens with zero attached hydrogens (tertiary/aromatic N) is 3. The number of carbonyl (C=O) groups is 1. The lowest BCUT2D eigenvalue weighted by molar-refractivity contribution is 0.0971. The van der Waals surface area contributed by atoms with Crippen molar-refractivity contribution >= 4 is 6.09 Å². The fourth-order valence-electron chi connectivity index (χ4n) is 1.85. The van der Waals surface area contributed by atoms with Gasteiger partial charge in [-0.1, -0.05) is 0 Å². The van der Waals surface area contributed by atoms with E-state index in [9.17, 15) is 4.79 Å². The quantitative estimate of drug-likeness (QED) is 0.803. The maximum atomic E-state index is 11.6. The molecule has 2 rings (SSSR count). The van der Waals surface area contributed by atoms with Gasteiger partial charge in [-0.15, -0.1) is 0 Å². The van der Waals surface area contributed by atoms with E-state index in [-0.39, 0.29) is 12.8 Å². The third-order valence-electron chi connectivity index (χ3n) is 2.85. The zero-order chi connectivity index (χ0) is 12.8. The highest BCUT2D eigenvalue weighted by molar-refractivity contribution is 5.67. The van der Waals surface area contributed by atoms with Crippen molar-refractivity contribution in [1.29, 1.82) is 0 Å². The van der Waals surface area contributed by atoms with E-state index in [1.54, 1.807) is 17.0 Å². The summed E-state index contributed by atoms with van der Waals surface area (Å²) in [6.45, 7) is 1.55. The Bertz CT molecular complexity index is 443. The number of aromatic nitrogens is 1. The number of likely N-dealkylation sites (tertiary alicyclic amines) is 1. The van der Waals surface area contributed by atoms with Crippen LogP contribution in [0.4, 0.5) is 4.79 Å². The fourth-order valence-corrected chi connectivity index (χ4v) is 1.85. The molecule has 1 N–H and O–H groups in total. The van der Waals surface area contributed by atoms with Crippen molar-refractivity contribution in [2.45, 2.75) is 19.3 Å². The van der Waals surface area contributed by atoms with E-state index in [0.717, 1.165) is 30.7 Å². The summed E-state index contributed by atoms with van der Waals surface area (Å²) >= 11 is 0. The molecule has 6 nitrogen and oxygen atoms in total. The van der Waals surface area contributed by atoms with Gasteiger partial charge in [-0.05, 0) is 31.4 Å². The summed E-state index contributed by atoms with van der Waals surface area (Å²) in [5.41, 5.74) is 0. The molecule has 98 valence electrons. The van der Waals surface area contributed by atoms with E-state index in [0.29, 0.717) is 5.36 Å². The van der Waals surface area contributed by atoms with E-state index in [1.807, 2.05) is 0 Å². The first kappa shape index (κ1) is 12.5. The maximum absolute atomic E-state index is 11.6. The fraction of sp³-hybridized carbons (Fsp3) is 0.500. The van der Waals surface area contributed by atoms with Crippen LogP contribution in [0.5, 0.6) is 0 Å². The van der Waals surface area contributed by atoms with Gasteiger partial charge in [0, 0.05) is 25.5 Å². The van der Waals surface area contributed by atoms with E-state index in [2.05, 4.69) is 4.99 Å². The number of carbonyl (C=O) groups excluding carboxylic acids is 1. The normalized spacial score (nSPS) is 15.2. The number of ether oxygens (including phenoxy) is 1. The van der Waals surface area contributed by atoms with Crippen LogP contribution in [0.3, 0.4) is 0 Å². The smallest absolute Gasteiger partial charge is 0.411 e. The van der Waals surface area contributed by atoms with Crippen molar-refractivity contribution in [2.75, 3.05) is 19.8 Å². The lowest BCUT2D eigenvalue weighted by Crippen LogP contribution is -2.36. The van der Waals surface area contributed by atoms with E-state index < -0.39 is 0 Å². The van der Waals surface area contributed by atoms with Crippen LogP contribution in [0.1, 0.15) is 19.3 Å². The number of rotatable bonds is 2. The van der Waals surface area contributed by atoms with Crippen LogP contribution in [-0.4, -0.2) is 40.8 Å². The number of hydrogen-bond acceptors (Lipinski definition) is 4. The van der Waals surface area contributed by atoms with Gasteiger partial charge in [0.25, 0.3) is 0 Å². The van der Waals surface area contributed by atoms with Gasteiger partial charge in [0.05, 0.1) is 5.36 Å². The van der Waals surface area contributed by atoms with Crippen LogP contribution in [0, 0.1) is 0 Å². The molecule has 0 saturated carbocycles. The summed E-state index contributed by atoms with van der Waals surface area (Å²) in [4.78, 5) is 17.4. The van der Waals surface area contributed by atoms with Gasteiger partial charge in [0.2, 0.25) is 0 Å². The first-order chi connectivity index (χ1) is 8.75. The molecule has 1 saturated heterocycles. The summed E-state index contributed by atoms with van der Waals surface area (Å²) < 4.78 is 6.00. The third kappa shape index (κ3) is 3.51. The largest absolute Gasteiger partial charge is 0.429 e. The van der Waals surface area contributed by atoms with Crippen LogP contribution in [-0.2, 0) is 4.74 Å². The van der Waals surface area contributed by atoms with Crippen LogP contribution >= 0.6 is 0 Å². The number of amides is 1. The topological polar surface area (TPSA) is 67.1 Å². The van der Waals surface area contributed by atoms with Gasteiger partial charge in [-0.25, -0.2) is 14.5 Å². The Kier molecular flexibility index (Phi) is 4.22. The Morgan fingerprint density at radius 2 is 1.94 bits per heavy atom. The number of pyridine rings is 1. The van der Waals surface area contributed by atoms with Crippen molar-refractivity contribution in [2.24, 2.45) is 4.99 Å². The van der Waals surface area contributed by atoms with E-state index in [4.69, 9.17) is 9.94 Å². The van der Waals surface area contributed by atoms with Crippen LogP contribution in [0.25, 0.3) is 0 Å². The highest BCUT2D eigenvalue weighted by atomic mass is 16.6. The van der Waals surface area contributed by atoms with E-state index >= 15 is 0 Å². The average molecular weight is 251 g/mol. The SMILES string of the molecule is O=C(OCN=c1ccn(O)cc1)N1CCCCC1. The van der Waals surface area contributed by atoms with Crippen molar-refractivity contribution < 1.29 is 14.7 Å². The summed E-state index contributed by atoms with van der Waals surface area (Å²) in [6.07, 6.45) is 5.89. The van der Waals surface area contributed by atoms with E-state index in [1.165, 1.54) is 18.8 Å². The minimum Gasteiger partial charge on any atom is -0.429 e. The van der Waals surface area contributed by atoms with Gasteiger partial charge in [0.1, 0.15) is 0 Å². The second kappa shape index (κ2) is 6.09. The van der Waals surface area contributed by atoms with Crippen LogP contribution < -0.4 is 5.36 Å². The Hall–Kier alpha value is -1.98. The number of piperidine rings is 1. The molecule has 18 heavy (non-hydrogen) atoms. The monoisotopic (exact) mass is 251 g/mol. The van der Waals surface area contributed by atoms with Gasteiger partial charge in [0.15, 0.2) is 6.73 Å². The zero-order valence-corrected chi connectivity index (χ0v) is 10.2. The van der Waals surface area contributed by atoms with Crippen LogP contribution in [0.2, 0.25) is 0 Å². The molecule has 1 aliphatic rings. The highest BCUT2D eigenvalue weighted by Crippen LogP contribution is 2.09. The molecule has 0 aromatic carbocycles. The summed E-state index contributed by atoms with van der Waals surface area (Å²) in [7, 11) is 0. The van der Waals surface area contributed by atoms with Crippen molar-refractivity contribution in [3.8, 4) is 0 Å². The Labute approximate surface area is 105 Å². The minimum absolute atomic E-state index is 0.00474. The predicted octanol–water partition coefficient (Wildman–Crippen LogP) is 1.21. The molecule has 1 amide bonds. The Morgan fingerprint density at radius 3 is 2.61 bits per heavy atom. The predicted molar refractivity (Wildman–Crippen MR) is 64.0 cm³/mol. The molecule has 1 aliphatic heterocycles. The average Bonchev–Trinajstić information content (AvgIpc) is 2.42. The molecule has 0 atom stereocenters. The van der Waals surface area contributed by atoms with Crippen molar-refractivity contribution in [3.05, 3.63) is 29.9 Å². The first-order valence-corrected chi connectivity index (χ1v) is 6.05. The minimum atomic E-state index is -0.299. The number of hydrogen-bond donors (Lipinski definition) is 1. The van der Waals surface area contributed by atoms with Gasteiger partial charge >= 0.3 is 6.09 Å². The molecule has 0 aliphatic carbocycles. The molecule has 1 aromatic heterocycles. The highest BCUT2D eigenvalue weighted by Gasteiger charge is 2.16. The molecular formula is C12H17N3O3. The molecule has 6 heteroatoms. The summed E-state index contributed by atoms with van der Waals surface area (Å²) in [6, 6.07) is 3.27. The second-order valence-electron chi connectivity index (χ2n) is 4.18. The van der Waals surface area contributed by atoms with Crippen molar-refractivity contribution in [3.63, 3.8) is 0 Å². The first-order valence-electron chi connectivity index (χ1n) is 6.05. The molecule has 0 spiro atoms. The third-order valence-corrected chi connectivity index (χ3v) is 2.85. The zero-order valence-electron chi connectivity index (χ0n) is 10.2.